The van der Waals surface area contributed by atoms with Gasteiger partial charge in [-0.2, -0.15) is 0 Å². The molecule has 0 saturated carbocycles. The first-order valence-corrected chi connectivity index (χ1v) is 5.95. The predicted octanol–water partition coefficient (Wildman–Crippen LogP) is 1.11. The fourth-order valence-corrected chi connectivity index (χ4v) is 1.80. The van der Waals surface area contributed by atoms with E-state index in [2.05, 4.69) is 5.10 Å². The molecule has 1 saturated heterocycles. The fraction of sp³-hybridized carbons (Fsp3) is 0.667. The Kier molecular flexibility index (Phi) is 3.78. The van der Waals surface area contributed by atoms with Crippen molar-refractivity contribution in [3.63, 3.8) is 0 Å². The van der Waals surface area contributed by atoms with E-state index < -0.39 is 0 Å². The number of rotatable bonds is 6. The van der Waals surface area contributed by atoms with Crippen LogP contribution in [0.4, 0.5) is 0 Å². The van der Waals surface area contributed by atoms with E-state index >= 15 is 0 Å². The molecule has 0 N–H and O–H groups in total. The molecule has 17 heavy (non-hydrogen) atoms. The van der Waals surface area contributed by atoms with Crippen molar-refractivity contribution in [2.45, 2.75) is 38.4 Å². The lowest BCUT2D eigenvalue weighted by Crippen LogP contribution is -2.47. The highest BCUT2D eigenvalue weighted by molar-refractivity contribution is 5.49. The Morgan fingerprint density at radius 3 is 3.12 bits per heavy atom. The molecule has 0 amide bonds. The van der Waals surface area contributed by atoms with Crippen molar-refractivity contribution in [1.82, 2.24) is 9.78 Å². The van der Waals surface area contributed by atoms with Gasteiger partial charge in [0.15, 0.2) is 0 Å². The van der Waals surface area contributed by atoms with Crippen LogP contribution in [0.2, 0.25) is 0 Å². The minimum atomic E-state index is 0.106. The number of unbranched alkanes of at least 4 members (excludes halogenated alkanes) is 1. The molecule has 2 heterocycles. The lowest BCUT2D eigenvalue weighted by Gasteiger charge is -2.33. The number of carbonyl (C=O) groups excluding carboxylic acids is 1. The molecule has 0 aliphatic carbocycles. The molecule has 1 aromatic rings. The molecule has 0 aromatic carbocycles. The number of aromatic nitrogens is 2. The molecular formula is C12H18N2O3. The summed E-state index contributed by atoms with van der Waals surface area (Å²) < 4.78 is 12.8. The Bertz CT molecular complexity index is 389. The van der Waals surface area contributed by atoms with Crippen LogP contribution in [0.15, 0.2) is 6.20 Å². The average molecular weight is 238 g/mol. The van der Waals surface area contributed by atoms with Gasteiger partial charge < -0.3 is 14.3 Å². The van der Waals surface area contributed by atoms with Crippen molar-refractivity contribution in [3.8, 4) is 5.88 Å². The maximum Gasteiger partial charge on any atom is 0.236 e. The molecule has 0 bridgehead atoms. The quantitative estimate of drug-likeness (QED) is 0.550. The van der Waals surface area contributed by atoms with E-state index in [-0.39, 0.29) is 12.2 Å². The maximum absolute atomic E-state index is 10.3. The Balaban J connectivity index is 1.96. The molecule has 2 rings (SSSR count). The van der Waals surface area contributed by atoms with E-state index in [0.717, 1.165) is 24.7 Å². The van der Waals surface area contributed by atoms with Gasteiger partial charge >= 0.3 is 0 Å². The summed E-state index contributed by atoms with van der Waals surface area (Å²) in [4.78, 5) is 10.3. The summed E-state index contributed by atoms with van der Waals surface area (Å²) in [6.45, 7) is 2.62. The second-order valence-electron chi connectivity index (χ2n) is 4.39. The molecular weight excluding hydrogens is 220 g/mol. The minimum Gasteiger partial charge on any atom is -0.468 e. The van der Waals surface area contributed by atoms with Crippen molar-refractivity contribution in [3.05, 3.63) is 11.8 Å². The Hall–Kier alpha value is -1.36. The molecule has 0 spiro atoms. The van der Waals surface area contributed by atoms with Crippen LogP contribution in [-0.2, 0) is 23.0 Å². The zero-order valence-corrected chi connectivity index (χ0v) is 10.3. The standard InChI is InChI=1S/C12H18N2O3/c1-9-11(8-16-9)17-12-10(5-3-4-6-15)7-14(2)13-12/h6-7,9,11H,3-5,8H2,1-2H3/t9-,11-/m0/s1. The molecule has 0 unspecified atom stereocenters. The molecule has 5 heteroatoms. The molecule has 94 valence electrons. The zero-order valence-electron chi connectivity index (χ0n) is 10.3. The number of aryl methyl sites for hydroxylation is 2. The third-order valence-electron chi connectivity index (χ3n) is 2.94. The molecule has 5 nitrogen and oxygen atoms in total. The summed E-state index contributed by atoms with van der Waals surface area (Å²) in [7, 11) is 1.87. The average Bonchev–Trinajstić information content (AvgIpc) is 2.65. The second kappa shape index (κ2) is 5.31. The normalized spacial score (nSPS) is 23.2. The summed E-state index contributed by atoms with van der Waals surface area (Å²) in [6.07, 6.45) is 5.38. The van der Waals surface area contributed by atoms with Gasteiger partial charge in [-0.1, -0.05) is 0 Å². The van der Waals surface area contributed by atoms with Crippen LogP contribution in [0.25, 0.3) is 0 Å². The van der Waals surface area contributed by atoms with Crippen molar-refractivity contribution in [1.29, 1.82) is 0 Å². The van der Waals surface area contributed by atoms with Gasteiger partial charge in [0.05, 0.1) is 12.7 Å². The number of aldehydes is 1. The van der Waals surface area contributed by atoms with E-state index in [9.17, 15) is 4.79 Å². The second-order valence-corrected chi connectivity index (χ2v) is 4.39. The summed E-state index contributed by atoms with van der Waals surface area (Å²) in [5, 5.41) is 4.30. The van der Waals surface area contributed by atoms with E-state index in [1.54, 1.807) is 4.68 Å². The van der Waals surface area contributed by atoms with Crippen LogP contribution in [0.5, 0.6) is 5.88 Å². The van der Waals surface area contributed by atoms with Gasteiger partial charge in [-0.15, -0.1) is 5.10 Å². The van der Waals surface area contributed by atoms with Gasteiger partial charge in [-0.05, 0) is 19.8 Å². The first-order chi connectivity index (χ1) is 8.20. The molecule has 1 aliphatic heterocycles. The smallest absolute Gasteiger partial charge is 0.236 e. The summed E-state index contributed by atoms with van der Waals surface area (Å²) >= 11 is 0. The molecule has 2 atom stereocenters. The maximum atomic E-state index is 10.3. The van der Waals surface area contributed by atoms with Crippen molar-refractivity contribution in [2.24, 2.45) is 7.05 Å². The van der Waals surface area contributed by atoms with Gasteiger partial charge in [-0.3, -0.25) is 4.68 Å². The van der Waals surface area contributed by atoms with Gasteiger partial charge in [0.1, 0.15) is 12.4 Å². The lowest BCUT2D eigenvalue weighted by molar-refractivity contribution is -0.141. The fourth-order valence-electron chi connectivity index (χ4n) is 1.80. The number of carbonyl (C=O) groups is 1. The molecule has 1 aliphatic rings. The van der Waals surface area contributed by atoms with E-state index in [1.165, 1.54) is 0 Å². The van der Waals surface area contributed by atoms with Gasteiger partial charge in [0.25, 0.3) is 0 Å². The van der Waals surface area contributed by atoms with Crippen LogP contribution in [0.3, 0.4) is 0 Å². The lowest BCUT2D eigenvalue weighted by atomic mass is 10.1. The Morgan fingerprint density at radius 2 is 2.53 bits per heavy atom. The summed E-state index contributed by atoms with van der Waals surface area (Å²) in [5.41, 5.74) is 1.06. The first kappa shape index (κ1) is 12.1. The number of hydrogen-bond donors (Lipinski definition) is 0. The highest BCUT2D eigenvalue weighted by Crippen LogP contribution is 2.23. The van der Waals surface area contributed by atoms with Crippen molar-refractivity contribution >= 4 is 6.29 Å². The van der Waals surface area contributed by atoms with E-state index in [0.29, 0.717) is 18.9 Å². The number of hydrogen-bond acceptors (Lipinski definition) is 4. The highest BCUT2D eigenvalue weighted by Gasteiger charge is 2.31. The topological polar surface area (TPSA) is 53.4 Å². The van der Waals surface area contributed by atoms with Crippen LogP contribution in [0, 0.1) is 0 Å². The van der Waals surface area contributed by atoms with Gasteiger partial charge in [0.2, 0.25) is 5.88 Å². The Labute approximate surface area is 101 Å². The number of ether oxygens (including phenoxy) is 2. The highest BCUT2D eigenvalue weighted by atomic mass is 16.6. The summed E-state index contributed by atoms with van der Waals surface area (Å²) in [5.74, 6) is 0.679. The zero-order chi connectivity index (χ0) is 12.3. The third-order valence-corrected chi connectivity index (χ3v) is 2.94. The van der Waals surface area contributed by atoms with Crippen LogP contribution < -0.4 is 4.74 Å². The van der Waals surface area contributed by atoms with Crippen molar-refractivity contribution < 1.29 is 14.3 Å². The number of nitrogens with zero attached hydrogens (tertiary/aromatic N) is 2. The monoisotopic (exact) mass is 238 g/mol. The minimum absolute atomic E-state index is 0.106. The third kappa shape index (κ3) is 2.85. The van der Waals surface area contributed by atoms with Gasteiger partial charge in [0, 0.05) is 25.2 Å². The van der Waals surface area contributed by atoms with Crippen LogP contribution in [-0.4, -0.2) is 34.9 Å². The van der Waals surface area contributed by atoms with Gasteiger partial charge in [-0.25, -0.2) is 0 Å². The molecule has 1 aromatic heterocycles. The largest absolute Gasteiger partial charge is 0.468 e. The molecule has 0 radical (unpaired) electrons. The van der Waals surface area contributed by atoms with Crippen LogP contribution >= 0.6 is 0 Å². The van der Waals surface area contributed by atoms with Crippen LogP contribution in [0.1, 0.15) is 25.3 Å². The Morgan fingerprint density at radius 1 is 1.71 bits per heavy atom. The summed E-state index contributed by atoms with van der Waals surface area (Å²) in [6, 6.07) is 0. The molecule has 1 fully saturated rings. The SMILES string of the molecule is C[C@@H]1OC[C@@H]1Oc1nn(C)cc1CCCC=O. The predicted molar refractivity (Wildman–Crippen MR) is 62.0 cm³/mol. The first-order valence-electron chi connectivity index (χ1n) is 5.95. The van der Waals surface area contributed by atoms with Crippen molar-refractivity contribution in [2.75, 3.05) is 6.61 Å². The van der Waals surface area contributed by atoms with E-state index in [4.69, 9.17) is 9.47 Å². The van der Waals surface area contributed by atoms with E-state index in [1.807, 2.05) is 20.2 Å².